The van der Waals surface area contributed by atoms with Gasteiger partial charge in [0.1, 0.15) is 5.54 Å². The molecule has 1 aliphatic carbocycles. The fourth-order valence-corrected chi connectivity index (χ4v) is 4.29. The molecule has 2 aliphatic rings. The number of hydrogen-bond acceptors (Lipinski definition) is 6. The van der Waals surface area contributed by atoms with Gasteiger partial charge in [-0.05, 0) is 50.5 Å². The molecule has 146 valence electrons. The van der Waals surface area contributed by atoms with Crippen LogP contribution in [-0.2, 0) is 10.3 Å². The Kier molecular flexibility index (Phi) is 4.72. The molecular formula is C21H30N4O2. The van der Waals surface area contributed by atoms with E-state index in [1.807, 2.05) is 6.92 Å². The first-order valence-electron chi connectivity index (χ1n) is 10.1. The number of nitrogens with two attached hydrogens (primary N) is 1. The molecule has 2 N–H and O–H groups in total. The van der Waals surface area contributed by atoms with Crippen LogP contribution in [-0.4, -0.2) is 35.9 Å². The van der Waals surface area contributed by atoms with Gasteiger partial charge in [-0.2, -0.15) is 4.98 Å². The average Bonchev–Trinajstić information content (AvgIpc) is 3.19. The van der Waals surface area contributed by atoms with Crippen molar-refractivity contribution in [2.45, 2.75) is 58.1 Å². The van der Waals surface area contributed by atoms with Crippen LogP contribution in [0.15, 0.2) is 28.8 Å². The molecule has 1 aliphatic heterocycles. The van der Waals surface area contributed by atoms with Crippen molar-refractivity contribution in [1.82, 2.24) is 10.1 Å². The second-order valence-electron chi connectivity index (χ2n) is 8.36. The van der Waals surface area contributed by atoms with Gasteiger partial charge in [-0.15, -0.1) is 0 Å². The lowest BCUT2D eigenvalue weighted by Gasteiger charge is -2.56. The molecule has 2 heterocycles. The number of benzene rings is 1. The SMILES string of the molecule is CCOC1CC(N)(c2nc(-c3ccc(N4CCCCC4)cc3)no2)C1(C)C. The summed E-state index contributed by atoms with van der Waals surface area (Å²) in [7, 11) is 0. The molecule has 4 rings (SSSR count). The van der Waals surface area contributed by atoms with Crippen LogP contribution in [0.4, 0.5) is 5.69 Å². The summed E-state index contributed by atoms with van der Waals surface area (Å²) in [6.07, 6.45) is 4.69. The number of aromatic nitrogens is 2. The number of hydrogen-bond donors (Lipinski definition) is 1. The first kappa shape index (κ1) is 18.4. The van der Waals surface area contributed by atoms with Crippen molar-refractivity contribution in [1.29, 1.82) is 0 Å². The molecule has 0 bridgehead atoms. The summed E-state index contributed by atoms with van der Waals surface area (Å²) in [5.74, 6) is 1.09. The number of anilines is 1. The van der Waals surface area contributed by atoms with E-state index in [9.17, 15) is 0 Å². The molecule has 0 spiro atoms. The van der Waals surface area contributed by atoms with E-state index in [1.54, 1.807) is 0 Å². The third-order valence-electron chi connectivity index (χ3n) is 6.48. The molecule has 6 nitrogen and oxygen atoms in total. The monoisotopic (exact) mass is 370 g/mol. The fraction of sp³-hybridized carbons (Fsp3) is 0.619. The Labute approximate surface area is 161 Å². The smallest absolute Gasteiger partial charge is 0.247 e. The maximum absolute atomic E-state index is 6.65. The Morgan fingerprint density at radius 1 is 1.19 bits per heavy atom. The van der Waals surface area contributed by atoms with Gasteiger partial charge in [0.2, 0.25) is 11.7 Å². The minimum atomic E-state index is -0.647. The van der Waals surface area contributed by atoms with Crippen LogP contribution >= 0.6 is 0 Å². The molecule has 6 heteroatoms. The lowest BCUT2D eigenvalue weighted by molar-refractivity contribution is -0.162. The second kappa shape index (κ2) is 6.91. The Hall–Kier alpha value is -1.92. The van der Waals surface area contributed by atoms with Crippen LogP contribution in [0, 0.1) is 5.41 Å². The highest BCUT2D eigenvalue weighted by molar-refractivity contribution is 5.60. The van der Waals surface area contributed by atoms with E-state index in [2.05, 4.69) is 53.2 Å². The van der Waals surface area contributed by atoms with E-state index in [0.717, 1.165) is 18.7 Å². The summed E-state index contributed by atoms with van der Waals surface area (Å²) < 4.78 is 11.4. The molecule has 2 fully saturated rings. The maximum Gasteiger partial charge on any atom is 0.247 e. The molecule has 2 aromatic rings. The minimum Gasteiger partial charge on any atom is -0.378 e. The Morgan fingerprint density at radius 3 is 2.52 bits per heavy atom. The van der Waals surface area contributed by atoms with Crippen molar-refractivity contribution in [2.75, 3.05) is 24.6 Å². The number of rotatable bonds is 5. The third kappa shape index (κ3) is 3.05. The molecule has 1 saturated carbocycles. The van der Waals surface area contributed by atoms with Crippen molar-refractivity contribution < 1.29 is 9.26 Å². The lowest BCUT2D eigenvalue weighted by atomic mass is 9.54. The van der Waals surface area contributed by atoms with Crippen LogP contribution in [0.1, 0.15) is 52.3 Å². The topological polar surface area (TPSA) is 77.4 Å². The normalized spacial score (nSPS) is 27.4. The first-order chi connectivity index (χ1) is 13.0. The summed E-state index contributed by atoms with van der Waals surface area (Å²) >= 11 is 0. The van der Waals surface area contributed by atoms with E-state index >= 15 is 0 Å². The standard InChI is InChI=1S/C21H30N4O2/c1-4-26-17-14-21(22,20(17,2)3)19-23-18(24-27-19)15-8-10-16(11-9-15)25-12-6-5-7-13-25/h8-11,17H,4-7,12-14,22H2,1-3H3. The Bertz CT molecular complexity index is 780. The van der Waals surface area contributed by atoms with Gasteiger partial charge >= 0.3 is 0 Å². The van der Waals surface area contributed by atoms with Crippen LogP contribution in [0.2, 0.25) is 0 Å². The molecule has 2 unspecified atom stereocenters. The van der Waals surface area contributed by atoms with E-state index in [0.29, 0.717) is 24.7 Å². The second-order valence-corrected chi connectivity index (χ2v) is 8.36. The van der Waals surface area contributed by atoms with Gasteiger partial charge in [0.05, 0.1) is 6.10 Å². The molecule has 0 radical (unpaired) electrons. The zero-order chi connectivity index (χ0) is 19.1. The van der Waals surface area contributed by atoms with Gasteiger partial charge in [0.25, 0.3) is 0 Å². The van der Waals surface area contributed by atoms with Gasteiger partial charge in [-0.1, -0.05) is 19.0 Å². The summed E-state index contributed by atoms with van der Waals surface area (Å²) in [6, 6.07) is 8.42. The predicted octanol–water partition coefficient (Wildman–Crippen LogP) is 3.72. The molecule has 27 heavy (non-hydrogen) atoms. The highest BCUT2D eigenvalue weighted by Crippen LogP contribution is 2.55. The van der Waals surface area contributed by atoms with Gasteiger partial charge < -0.3 is 19.9 Å². The van der Waals surface area contributed by atoms with Crippen LogP contribution in [0.3, 0.4) is 0 Å². The van der Waals surface area contributed by atoms with Crippen molar-refractivity contribution in [3.63, 3.8) is 0 Å². The number of piperidine rings is 1. The summed E-state index contributed by atoms with van der Waals surface area (Å²) in [5, 5.41) is 4.19. The van der Waals surface area contributed by atoms with Gasteiger partial charge in [0, 0.05) is 42.8 Å². The van der Waals surface area contributed by atoms with Crippen molar-refractivity contribution >= 4 is 5.69 Å². The molecule has 2 atom stereocenters. The minimum absolute atomic E-state index is 0.117. The van der Waals surface area contributed by atoms with E-state index in [1.165, 1.54) is 24.9 Å². The number of nitrogens with zero attached hydrogens (tertiary/aromatic N) is 3. The van der Waals surface area contributed by atoms with Crippen LogP contribution < -0.4 is 10.6 Å². The van der Waals surface area contributed by atoms with E-state index in [-0.39, 0.29) is 11.5 Å². The zero-order valence-electron chi connectivity index (χ0n) is 16.6. The van der Waals surface area contributed by atoms with Crippen molar-refractivity contribution in [3.05, 3.63) is 30.2 Å². The lowest BCUT2D eigenvalue weighted by Crippen LogP contribution is -2.67. The Morgan fingerprint density at radius 2 is 1.89 bits per heavy atom. The van der Waals surface area contributed by atoms with Crippen LogP contribution in [0.25, 0.3) is 11.4 Å². The van der Waals surface area contributed by atoms with Crippen molar-refractivity contribution in [3.8, 4) is 11.4 Å². The summed E-state index contributed by atoms with van der Waals surface area (Å²) in [5.41, 5.74) is 7.97. The zero-order valence-corrected chi connectivity index (χ0v) is 16.6. The Balaban J connectivity index is 1.51. The molecule has 1 aromatic heterocycles. The molecular weight excluding hydrogens is 340 g/mol. The highest BCUT2D eigenvalue weighted by atomic mass is 16.5. The van der Waals surface area contributed by atoms with Gasteiger partial charge in [-0.3, -0.25) is 0 Å². The predicted molar refractivity (Wildman–Crippen MR) is 105 cm³/mol. The van der Waals surface area contributed by atoms with E-state index < -0.39 is 5.54 Å². The third-order valence-corrected chi connectivity index (χ3v) is 6.48. The van der Waals surface area contributed by atoms with Gasteiger partial charge in [-0.25, -0.2) is 0 Å². The quantitative estimate of drug-likeness (QED) is 0.864. The highest BCUT2D eigenvalue weighted by Gasteiger charge is 2.62. The largest absolute Gasteiger partial charge is 0.378 e. The summed E-state index contributed by atoms with van der Waals surface area (Å²) in [6.45, 7) is 9.17. The fourth-order valence-electron chi connectivity index (χ4n) is 4.29. The van der Waals surface area contributed by atoms with Crippen LogP contribution in [0.5, 0.6) is 0 Å². The molecule has 1 aromatic carbocycles. The number of ether oxygens (including phenoxy) is 1. The molecule has 1 saturated heterocycles. The van der Waals surface area contributed by atoms with Crippen molar-refractivity contribution in [2.24, 2.45) is 11.1 Å². The maximum atomic E-state index is 6.65. The van der Waals surface area contributed by atoms with E-state index in [4.69, 9.17) is 15.0 Å². The summed E-state index contributed by atoms with van der Waals surface area (Å²) in [4.78, 5) is 7.07. The first-order valence-corrected chi connectivity index (χ1v) is 10.1. The average molecular weight is 370 g/mol. The molecule has 0 amide bonds. The van der Waals surface area contributed by atoms with Gasteiger partial charge in [0.15, 0.2) is 0 Å².